The zero-order valence-corrected chi connectivity index (χ0v) is 16.1. The molecule has 3 rings (SSSR count). The number of hydrogen-bond donors (Lipinski definition) is 2. The summed E-state index contributed by atoms with van der Waals surface area (Å²) in [5.41, 5.74) is 4.03. The minimum Gasteiger partial charge on any atom is -0.454 e. The number of aryl methyl sites for hydroxylation is 1. The van der Waals surface area contributed by atoms with Crippen molar-refractivity contribution in [3.8, 4) is 11.5 Å². The van der Waals surface area contributed by atoms with E-state index in [1.807, 2.05) is 30.6 Å². The van der Waals surface area contributed by atoms with Gasteiger partial charge in [-0.2, -0.15) is 0 Å². The second-order valence-corrected chi connectivity index (χ2v) is 5.77. The van der Waals surface area contributed by atoms with Gasteiger partial charge in [-0.05, 0) is 24.6 Å². The standard InChI is InChI=1S/C15H18N4O2S.HI/c1-10-14(22-8-19-10)7-18-15(16-2)17-6-11-3-4-12-13(5-11)21-9-20-12;/h3-5,8H,6-7,9H2,1-2H3,(H2,16,17,18);1H. The van der Waals surface area contributed by atoms with Crippen LogP contribution >= 0.6 is 35.3 Å². The van der Waals surface area contributed by atoms with Crippen molar-refractivity contribution in [2.45, 2.75) is 20.0 Å². The first-order chi connectivity index (χ1) is 10.8. The molecule has 1 aliphatic heterocycles. The van der Waals surface area contributed by atoms with Crippen LogP contribution in [0.5, 0.6) is 11.5 Å². The van der Waals surface area contributed by atoms with Crippen LogP contribution in [0.15, 0.2) is 28.7 Å². The molecule has 0 fully saturated rings. The fourth-order valence-electron chi connectivity index (χ4n) is 2.12. The second-order valence-electron chi connectivity index (χ2n) is 4.83. The number of guanidine groups is 1. The predicted octanol–water partition coefficient (Wildman–Crippen LogP) is 2.66. The van der Waals surface area contributed by atoms with E-state index in [-0.39, 0.29) is 24.0 Å². The average Bonchev–Trinajstić information content (AvgIpc) is 3.15. The van der Waals surface area contributed by atoms with Gasteiger partial charge in [0.2, 0.25) is 6.79 Å². The van der Waals surface area contributed by atoms with Crippen molar-refractivity contribution >= 4 is 41.3 Å². The second kappa shape index (κ2) is 8.34. The summed E-state index contributed by atoms with van der Waals surface area (Å²) in [6, 6.07) is 5.92. The first-order valence-corrected chi connectivity index (χ1v) is 7.86. The summed E-state index contributed by atoms with van der Waals surface area (Å²) in [4.78, 5) is 9.68. The Morgan fingerprint density at radius 1 is 1.26 bits per heavy atom. The molecule has 2 aromatic rings. The Kier molecular flexibility index (Phi) is 6.46. The molecule has 0 spiro atoms. The van der Waals surface area contributed by atoms with Crippen LogP contribution in [-0.2, 0) is 13.1 Å². The zero-order chi connectivity index (χ0) is 15.4. The number of hydrogen-bond acceptors (Lipinski definition) is 5. The van der Waals surface area contributed by atoms with Crippen molar-refractivity contribution in [3.63, 3.8) is 0 Å². The Morgan fingerprint density at radius 2 is 2.04 bits per heavy atom. The molecule has 0 radical (unpaired) electrons. The molecule has 1 aromatic heterocycles. The van der Waals surface area contributed by atoms with Crippen LogP contribution in [0.1, 0.15) is 16.1 Å². The van der Waals surface area contributed by atoms with E-state index in [4.69, 9.17) is 9.47 Å². The van der Waals surface area contributed by atoms with Gasteiger partial charge in [0.15, 0.2) is 17.5 Å². The normalized spacial score (nSPS) is 12.7. The lowest BCUT2D eigenvalue weighted by atomic mass is 10.2. The summed E-state index contributed by atoms with van der Waals surface area (Å²) in [6.07, 6.45) is 0. The molecule has 1 aromatic carbocycles. The fraction of sp³-hybridized carbons (Fsp3) is 0.333. The van der Waals surface area contributed by atoms with Crippen LogP contribution in [0.3, 0.4) is 0 Å². The van der Waals surface area contributed by atoms with Gasteiger partial charge >= 0.3 is 0 Å². The van der Waals surface area contributed by atoms with Gasteiger partial charge in [0.25, 0.3) is 0 Å². The van der Waals surface area contributed by atoms with E-state index in [1.54, 1.807) is 18.4 Å². The SMILES string of the molecule is CN=C(NCc1ccc2c(c1)OCO2)NCc1scnc1C.I. The summed E-state index contributed by atoms with van der Waals surface area (Å²) < 4.78 is 10.7. The van der Waals surface area contributed by atoms with Crippen LogP contribution < -0.4 is 20.1 Å². The highest BCUT2D eigenvalue weighted by Gasteiger charge is 2.13. The zero-order valence-electron chi connectivity index (χ0n) is 13.0. The van der Waals surface area contributed by atoms with Crippen LogP contribution in [-0.4, -0.2) is 24.8 Å². The summed E-state index contributed by atoms with van der Waals surface area (Å²) in [7, 11) is 1.76. The van der Waals surface area contributed by atoms with E-state index < -0.39 is 0 Å². The highest BCUT2D eigenvalue weighted by atomic mass is 127. The molecule has 8 heteroatoms. The Hall–Kier alpha value is -1.55. The molecule has 124 valence electrons. The van der Waals surface area contributed by atoms with Crippen LogP contribution in [0.2, 0.25) is 0 Å². The molecule has 0 saturated heterocycles. The molecule has 2 N–H and O–H groups in total. The molecule has 23 heavy (non-hydrogen) atoms. The van der Waals surface area contributed by atoms with Crippen molar-refractivity contribution in [2.24, 2.45) is 4.99 Å². The van der Waals surface area contributed by atoms with Crippen molar-refractivity contribution in [1.82, 2.24) is 15.6 Å². The van der Waals surface area contributed by atoms with E-state index in [0.717, 1.165) is 35.3 Å². The maximum absolute atomic E-state index is 5.38. The number of ether oxygens (including phenoxy) is 2. The first-order valence-electron chi connectivity index (χ1n) is 6.98. The molecule has 0 bridgehead atoms. The third kappa shape index (κ3) is 4.47. The lowest BCUT2D eigenvalue weighted by Gasteiger charge is -2.11. The largest absolute Gasteiger partial charge is 0.454 e. The van der Waals surface area contributed by atoms with Crippen molar-refractivity contribution in [3.05, 3.63) is 39.8 Å². The number of rotatable bonds is 4. The number of nitrogens with zero attached hydrogens (tertiary/aromatic N) is 2. The predicted molar refractivity (Wildman–Crippen MR) is 102 cm³/mol. The topological polar surface area (TPSA) is 67.8 Å². The monoisotopic (exact) mass is 446 g/mol. The van der Waals surface area contributed by atoms with Crippen molar-refractivity contribution in [1.29, 1.82) is 0 Å². The summed E-state index contributed by atoms with van der Waals surface area (Å²) in [5, 5.41) is 6.57. The van der Waals surface area contributed by atoms with Gasteiger partial charge in [-0.1, -0.05) is 6.07 Å². The Bertz CT molecular complexity index is 690. The van der Waals surface area contributed by atoms with Crippen LogP contribution in [0.25, 0.3) is 0 Å². The molecule has 0 saturated carbocycles. The maximum Gasteiger partial charge on any atom is 0.231 e. The number of thiazole rings is 1. The van der Waals surface area contributed by atoms with Gasteiger partial charge in [-0.15, -0.1) is 35.3 Å². The lowest BCUT2D eigenvalue weighted by Crippen LogP contribution is -2.36. The third-order valence-electron chi connectivity index (χ3n) is 3.38. The average molecular weight is 446 g/mol. The lowest BCUT2D eigenvalue weighted by molar-refractivity contribution is 0.174. The third-order valence-corrected chi connectivity index (χ3v) is 4.32. The van der Waals surface area contributed by atoms with Crippen LogP contribution in [0, 0.1) is 6.92 Å². The van der Waals surface area contributed by atoms with E-state index >= 15 is 0 Å². The summed E-state index contributed by atoms with van der Waals surface area (Å²) in [5.74, 6) is 2.35. The Morgan fingerprint density at radius 3 is 2.78 bits per heavy atom. The molecule has 0 amide bonds. The molecule has 0 aliphatic carbocycles. The number of nitrogens with one attached hydrogen (secondary N) is 2. The number of fused-ring (bicyclic) bond motifs is 1. The summed E-state index contributed by atoms with van der Waals surface area (Å²) >= 11 is 1.64. The molecule has 2 heterocycles. The molecular formula is C15H19IN4O2S. The minimum absolute atomic E-state index is 0. The van der Waals surface area contributed by atoms with Gasteiger partial charge < -0.3 is 20.1 Å². The number of benzene rings is 1. The van der Waals surface area contributed by atoms with Gasteiger partial charge in [0, 0.05) is 18.5 Å². The van der Waals surface area contributed by atoms with Gasteiger partial charge in [-0.25, -0.2) is 4.98 Å². The van der Waals surface area contributed by atoms with Gasteiger partial charge in [0.05, 0.1) is 17.7 Å². The quantitative estimate of drug-likeness (QED) is 0.430. The number of halogens is 1. The van der Waals surface area contributed by atoms with Crippen molar-refractivity contribution in [2.75, 3.05) is 13.8 Å². The van der Waals surface area contributed by atoms with Crippen molar-refractivity contribution < 1.29 is 9.47 Å². The van der Waals surface area contributed by atoms with E-state index in [2.05, 4.69) is 20.6 Å². The Balaban J connectivity index is 0.00000192. The number of aliphatic imine (C=N–C) groups is 1. The molecule has 6 nitrogen and oxygen atoms in total. The van der Waals surface area contributed by atoms with Gasteiger partial charge in [0.1, 0.15) is 0 Å². The maximum atomic E-state index is 5.38. The minimum atomic E-state index is 0. The molecule has 0 atom stereocenters. The Labute approximate surface area is 156 Å². The van der Waals surface area contributed by atoms with Gasteiger partial charge in [-0.3, -0.25) is 4.99 Å². The van der Waals surface area contributed by atoms with E-state index in [1.165, 1.54) is 4.88 Å². The van der Waals surface area contributed by atoms with Crippen LogP contribution in [0.4, 0.5) is 0 Å². The smallest absolute Gasteiger partial charge is 0.231 e. The highest BCUT2D eigenvalue weighted by Crippen LogP contribution is 2.32. The molecule has 0 unspecified atom stereocenters. The summed E-state index contributed by atoms with van der Waals surface area (Å²) in [6.45, 7) is 3.69. The fourth-order valence-corrected chi connectivity index (χ4v) is 2.83. The highest BCUT2D eigenvalue weighted by molar-refractivity contribution is 14.0. The van der Waals surface area contributed by atoms with E-state index in [0.29, 0.717) is 13.3 Å². The first kappa shape index (κ1) is 17.8. The number of aromatic nitrogens is 1. The van der Waals surface area contributed by atoms with E-state index in [9.17, 15) is 0 Å². The molecular weight excluding hydrogens is 427 g/mol. The molecule has 1 aliphatic rings.